The van der Waals surface area contributed by atoms with Crippen LogP contribution in [0.15, 0.2) is 42.5 Å². The number of methoxy groups -OCH3 is 1. The van der Waals surface area contributed by atoms with E-state index >= 15 is 0 Å². The van der Waals surface area contributed by atoms with Crippen LogP contribution in [0.1, 0.15) is 24.2 Å². The third-order valence-electron chi connectivity index (χ3n) is 6.14. The SMILES string of the molecule is CO[C@@H]1CN(C)C(=O)c2ccc(NC(=O)Nc3ccccc3F)cc2OC[C@@H](C)N(C)C[C@@H]1C. The van der Waals surface area contributed by atoms with Crippen molar-refractivity contribution in [3.05, 3.63) is 53.8 Å². The van der Waals surface area contributed by atoms with E-state index in [4.69, 9.17) is 9.47 Å². The predicted molar refractivity (Wildman–Crippen MR) is 130 cm³/mol. The number of likely N-dealkylation sites (N-methyl/N-ethyl adjacent to an activating group) is 2. The van der Waals surface area contributed by atoms with Crippen LogP contribution in [-0.2, 0) is 4.74 Å². The number of fused-ring (bicyclic) bond motifs is 1. The molecule has 2 aromatic carbocycles. The molecule has 0 fully saturated rings. The minimum absolute atomic E-state index is 0.0677. The van der Waals surface area contributed by atoms with Gasteiger partial charge in [0.2, 0.25) is 0 Å². The van der Waals surface area contributed by atoms with E-state index in [1.165, 1.54) is 12.1 Å². The van der Waals surface area contributed by atoms with Crippen molar-refractivity contribution in [2.75, 3.05) is 51.5 Å². The van der Waals surface area contributed by atoms with E-state index in [1.807, 2.05) is 7.05 Å². The zero-order valence-corrected chi connectivity index (χ0v) is 20.3. The Morgan fingerprint density at radius 2 is 1.85 bits per heavy atom. The Morgan fingerprint density at radius 1 is 1.12 bits per heavy atom. The number of halogens is 1. The molecule has 3 atom stereocenters. The van der Waals surface area contributed by atoms with Crippen molar-refractivity contribution >= 4 is 23.3 Å². The summed E-state index contributed by atoms with van der Waals surface area (Å²) >= 11 is 0. The molecule has 0 spiro atoms. The average Bonchev–Trinajstić information content (AvgIpc) is 2.81. The molecule has 0 saturated heterocycles. The van der Waals surface area contributed by atoms with Crippen LogP contribution in [0.5, 0.6) is 5.75 Å². The van der Waals surface area contributed by atoms with E-state index in [0.29, 0.717) is 30.2 Å². The number of hydrogen-bond donors (Lipinski definition) is 2. The first-order valence-electron chi connectivity index (χ1n) is 11.3. The van der Waals surface area contributed by atoms with Gasteiger partial charge in [-0.15, -0.1) is 0 Å². The first kappa shape index (κ1) is 25.5. The molecule has 0 bridgehead atoms. The molecule has 2 aromatic rings. The van der Waals surface area contributed by atoms with Gasteiger partial charge in [0.15, 0.2) is 0 Å². The van der Waals surface area contributed by atoms with Crippen LogP contribution >= 0.6 is 0 Å². The Morgan fingerprint density at radius 3 is 2.56 bits per heavy atom. The zero-order valence-electron chi connectivity index (χ0n) is 20.3. The molecule has 3 rings (SSSR count). The first-order valence-corrected chi connectivity index (χ1v) is 11.3. The third-order valence-corrected chi connectivity index (χ3v) is 6.14. The van der Waals surface area contributed by atoms with E-state index in [-0.39, 0.29) is 29.7 Å². The zero-order chi connectivity index (χ0) is 24.8. The highest BCUT2D eigenvalue weighted by Gasteiger charge is 2.27. The number of para-hydroxylation sites is 1. The molecule has 8 nitrogen and oxygen atoms in total. The second-order valence-corrected chi connectivity index (χ2v) is 8.81. The summed E-state index contributed by atoms with van der Waals surface area (Å²) < 4.78 is 25.6. The summed E-state index contributed by atoms with van der Waals surface area (Å²) in [5, 5.41) is 5.15. The molecule has 3 amide bonds. The Labute approximate surface area is 200 Å². The average molecular weight is 473 g/mol. The summed E-state index contributed by atoms with van der Waals surface area (Å²) in [5.41, 5.74) is 0.873. The van der Waals surface area contributed by atoms with Gasteiger partial charge in [-0.3, -0.25) is 9.69 Å². The number of nitrogens with one attached hydrogen (secondary N) is 2. The minimum Gasteiger partial charge on any atom is -0.491 e. The van der Waals surface area contributed by atoms with Gasteiger partial charge in [-0.25, -0.2) is 9.18 Å². The van der Waals surface area contributed by atoms with Gasteiger partial charge in [0, 0.05) is 45.0 Å². The van der Waals surface area contributed by atoms with Crippen LogP contribution in [0.4, 0.5) is 20.6 Å². The summed E-state index contributed by atoms with van der Waals surface area (Å²) in [6, 6.07) is 10.2. The van der Waals surface area contributed by atoms with E-state index < -0.39 is 11.8 Å². The molecule has 0 unspecified atom stereocenters. The number of nitrogens with zero attached hydrogens (tertiary/aromatic N) is 2. The van der Waals surface area contributed by atoms with Crippen LogP contribution in [0, 0.1) is 11.7 Å². The third kappa shape index (κ3) is 6.24. The van der Waals surface area contributed by atoms with Gasteiger partial charge in [-0.05, 0) is 44.2 Å². The first-order chi connectivity index (χ1) is 16.2. The van der Waals surface area contributed by atoms with Crippen molar-refractivity contribution in [3.8, 4) is 5.75 Å². The lowest BCUT2D eigenvalue weighted by Crippen LogP contribution is -2.45. The predicted octanol–water partition coefficient (Wildman–Crippen LogP) is 3.91. The van der Waals surface area contributed by atoms with Gasteiger partial charge in [-0.2, -0.15) is 0 Å². The van der Waals surface area contributed by atoms with Crippen molar-refractivity contribution in [2.24, 2.45) is 5.92 Å². The van der Waals surface area contributed by atoms with Crippen molar-refractivity contribution in [3.63, 3.8) is 0 Å². The number of hydrogen-bond acceptors (Lipinski definition) is 5. The van der Waals surface area contributed by atoms with E-state index in [0.717, 1.165) is 6.54 Å². The van der Waals surface area contributed by atoms with E-state index in [2.05, 4.69) is 29.4 Å². The van der Waals surface area contributed by atoms with Gasteiger partial charge in [-0.1, -0.05) is 19.1 Å². The van der Waals surface area contributed by atoms with Gasteiger partial charge in [0.1, 0.15) is 18.2 Å². The standard InChI is InChI=1S/C25H33FN4O4/c1-16-13-29(3)17(2)15-34-22-12-18(27-25(32)28-21-9-7-6-8-20(21)26)10-11-19(22)24(31)30(4)14-23(16)33-5/h6-12,16-17,23H,13-15H2,1-5H3,(H2,27,28,32)/t16-,17+,23+/m0/s1. The maximum Gasteiger partial charge on any atom is 0.323 e. The largest absolute Gasteiger partial charge is 0.491 e. The van der Waals surface area contributed by atoms with Gasteiger partial charge >= 0.3 is 6.03 Å². The molecule has 2 N–H and O–H groups in total. The Kier molecular flexibility index (Phi) is 8.46. The van der Waals surface area contributed by atoms with Crippen molar-refractivity contribution in [1.82, 2.24) is 9.80 Å². The van der Waals surface area contributed by atoms with Crippen LogP contribution in [-0.4, -0.2) is 74.8 Å². The fourth-order valence-electron chi connectivity index (χ4n) is 3.88. The summed E-state index contributed by atoms with van der Waals surface area (Å²) in [6.07, 6.45) is -0.115. The van der Waals surface area contributed by atoms with Gasteiger partial charge < -0.3 is 25.0 Å². The number of amides is 3. The van der Waals surface area contributed by atoms with Crippen molar-refractivity contribution < 1.29 is 23.5 Å². The second kappa shape index (κ2) is 11.3. The van der Waals surface area contributed by atoms with Crippen LogP contribution in [0.2, 0.25) is 0 Å². The Bertz CT molecular complexity index is 1020. The van der Waals surface area contributed by atoms with Crippen LogP contribution in [0.25, 0.3) is 0 Å². The molecule has 1 aliphatic rings. The normalized spacial score (nSPS) is 22.1. The monoisotopic (exact) mass is 472 g/mol. The number of carbonyl (C=O) groups excluding carboxylic acids is 2. The number of ether oxygens (including phenoxy) is 2. The molecular formula is C25H33FN4O4. The smallest absolute Gasteiger partial charge is 0.323 e. The fourth-order valence-corrected chi connectivity index (χ4v) is 3.88. The molecule has 34 heavy (non-hydrogen) atoms. The lowest BCUT2D eigenvalue weighted by molar-refractivity contribution is 0.0150. The Balaban J connectivity index is 1.84. The van der Waals surface area contributed by atoms with Crippen LogP contribution < -0.4 is 15.4 Å². The molecule has 1 heterocycles. The topological polar surface area (TPSA) is 83.1 Å². The molecule has 0 aromatic heterocycles. The number of benzene rings is 2. The summed E-state index contributed by atoms with van der Waals surface area (Å²) in [7, 11) is 5.43. The van der Waals surface area contributed by atoms with E-state index in [1.54, 1.807) is 49.4 Å². The molecule has 0 radical (unpaired) electrons. The Hall–Kier alpha value is -3.17. The number of carbonyl (C=O) groups is 2. The summed E-state index contributed by atoms with van der Waals surface area (Å²) in [5.74, 6) is -0.156. The van der Waals surface area contributed by atoms with E-state index in [9.17, 15) is 14.0 Å². The maximum atomic E-state index is 13.8. The summed E-state index contributed by atoms with van der Waals surface area (Å²) in [6.45, 7) is 5.74. The number of anilines is 2. The van der Waals surface area contributed by atoms with Gasteiger partial charge in [0.05, 0.1) is 17.4 Å². The van der Waals surface area contributed by atoms with Gasteiger partial charge in [0.25, 0.3) is 5.91 Å². The van der Waals surface area contributed by atoms with Crippen molar-refractivity contribution in [1.29, 1.82) is 0 Å². The molecule has 0 aliphatic carbocycles. The molecule has 0 saturated carbocycles. The maximum absolute atomic E-state index is 13.8. The van der Waals surface area contributed by atoms with Crippen molar-refractivity contribution in [2.45, 2.75) is 26.0 Å². The lowest BCUT2D eigenvalue weighted by atomic mass is 10.0. The highest BCUT2D eigenvalue weighted by molar-refractivity contribution is 6.01. The molecule has 184 valence electrons. The quantitative estimate of drug-likeness (QED) is 0.708. The molecule has 1 aliphatic heterocycles. The highest BCUT2D eigenvalue weighted by atomic mass is 19.1. The lowest BCUT2D eigenvalue weighted by Gasteiger charge is -2.34. The number of rotatable bonds is 3. The number of urea groups is 1. The minimum atomic E-state index is -0.605. The molecule has 9 heteroatoms. The summed E-state index contributed by atoms with van der Waals surface area (Å²) in [4.78, 5) is 29.4. The highest BCUT2D eigenvalue weighted by Crippen LogP contribution is 2.27. The second-order valence-electron chi connectivity index (χ2n) is 8.81. The molecular weight excluding hydrogens is 439 g/mol. The van der Waals surface area contributed by atoms with Crippen LogP contribution in [0.3, 0.4) is 0 Å². The fraction of sp³-hybridized carbons (Fsp3) is 0.440.